The molecule has 0 saturated heterocycles. The summed E-state index contributed by atoms with van der Waals surface area (Å²) in [6, 6.07) is 16.3. The summed E-state index contributed by atoms with van der Waals surface area (Å²) in [5, 5.41) is 5.98. The topological polar surface area (TPSA) is 101 Å². The molecule has 0 fully saturated rings. The predicted molar refractivity (Wildman–Crippen MR) is 116 cm³/mol. The molecule has 4 rings (SSSR count). The number of aromatic amines is 1. The first-order valence-electron chi connectivity index (χ1n) is 9.16. The zero-order valence-corrected chi connectivity index (χ0v) is 17.2. The van der Waals surface area contributed by atoms with Crippen LogP contribution in [-0.4, -0.2) is 38.4 Å². The quantitative estimate of drug-likeness (QED) is 0.464. The molecule has 2 N–H and O–H groups in total. The Hall–Kier alpha value is -3.59. The van der Waals surface area contributed by atoms with Gasteiger partial charge in [0.05, 0.1) is 18.4 Å². The highest BCUT2D eigenvalue weighted by Crippen LogP contribution is 2.28. The number of methoxy groups -OCH3 is 1. The fourth-order valence-corrected chi connectivity index (χ4v) is 3.73. The van der Waals surface area contributed by atoms with Gasteiger partial charge in [0, 0.05) is 11.8 Å². The standard InChI is InChI=1S/C21H19N5O3S/c1-13-6-5-7-14(10-13)22-19(28)12-30-21-24-20(15-8-3-4-9-16(15)29-2)23-17-11-18(27)25-26(17)21/h3-11H,12H2,1-2H3,(H,22,28)(H,25,27). The van der Waals surface area contributed by atoms with Crippen molar-refractivity contribution in [2.45, 2.75) is 12.1 Å². The Morgan fingerprint density at radius 3 is 2.80 bits per heavy atom. The monoisotopic (exact) mass is 421 g/mol. The molecule has 2 heterocycles. The van der Waals surface area contributed by atoms with Gasteiger partial charge < -0.3 is 10.1 Å². The van der Waals surface area contributed by atoms with Gasteiger partial charge >= 0.3 is 0 Å². The predicted octanol–water partition coefficient (Wildman–Crippen LogP) is 3.13. The maximum atomic E-state index is 12.4. The van der Waals surface area contributed by atoms with Gasteiger partial charge in [0.15, 0.2) is 16.6 Å². The molecule has 1 amide bonds. The number of amides is 1. The minimum absolute atomic E-state index is 0.117. The van der Waals surface area contributed by atoms with Crippen molar-refractivity contribution >= 4 is 29.0 Å². The fourth-order valence-electron chi connectivity index (χ4n) is 2.98. The lowest BCUT2D eigenvalue weighted by Gasteiger charge is -2.10. The zero-order chi connectivity index (χ0) is 21.1. The first-order valence-corrected chi connectivity index (χ1v) is 10.1. The summed E-state index contributed by atoms with van der Waals surface area (Å²) < 4.78 is 6.88. The van der Waals surface area contributed by atoms with Crippen LogP contribution in [0.3, 0.4) is 0 Å². The lowest BCUT2D eigenvalue weighted by molar-refractivity contribution is -0.113. The molecule has 30 heavy (non-hydrogen) atoms. The molecular weight excluding hydrogens is 402 g/mol. The number of para-hydroxylation sites is 1. The second-order valence-electron chi connectivity index (χ2n) is 6.55. The van der Waals surface area contributed by atoms with E-state index in [0.29, 0.717) is 27.9 Å². The number of H-pyrrole nitrogens is 1. The second kappa shape index (κ2) is 8.42. The summed E-state index contributed by atoms with van der Waals surface area (Å²) in [5.74, 6) is 0.970. The third-order valence-corrected chi connectivity index (χ3v) is 5.25. The minimum atomic E-state index is -0.299. The summed E-state index contributed by atoms with van der Waals surface area (Å²) in [6.45, 7) is 1.96. The molecule has 0 unspecified atom stereocenters. The number of carbonyl (C=O) groups excluding carboxylic acids is 1. The Morgan fingerprint density at radius 1 is 1.17 bits per heavy atom. The Bertz CT molecular complexity index is 1280. The number of rotatable bonds is 6. The molecule has 2 aromatic heterocycles. The molecule has 0 aliphatic heterocycles. The Morgan fingerprint density at radius 2 is 2.00 bits per heavy atom. The van der Waals surface area contributed by atoms with Crippen LogP contribution in [0.5, 0.6) is 5.75 Å². The molecule has 0 saturated carbocycles. The lowest BCUT2D eigenvalue weighted by atomic mass is 10.2. The Kier molecular flexibility index (Phi) is 5.53. The van der Waals surface area contributed by atoms with Crippen molar-refractivity contribution in [3.8, 4) is 17.1 Å². The van der Waals surface area contributed by atoms with Crippen LogP contribution in [0, 0.1) is 6.92 Å². The lowest BCUT2D eigenvalue weighted by Crippen LogP contribution is -2.15. The van der Waals surface area contributed by atoms with E-state index in [0.717, 1.165) is 11.3 Å². The van der Waals surface area contributed by atoms with Crippen molar-refractivity contribution in [1.82, 2.24) is 19.6 Å². The number of nitrogens with one attached hydrogen (secondary N) is 2. The van der Waals surface area contributed by atoms with E-state index in [4.69, 9.17) is 4.74 Å². The summed E-state index contributed by atoms with van der Waals surface area (Å²) in [7, 11) is 1.57. The van der Waals surface area contributed by atoms with Gasteiger partial charge in [-0.25, -0.2) is 14.5 Å². The summed E-state index contributed by atoms with van der Waals surface area (Å²) in [4.78, 5) is 33.3. The minimum Gasteiger partial charge on any atom is -0.496 e. The normalized spacial score (nSPS) is 10.9. The summed E-state index contributed by atoms with van der Waals surface area (Å²) in [6.07, 6.45) is 0. The number of anilines is 1. The molecule has 8 nitrogen and oxygen atoms in total. The Labute approximate surface area is 176 Å². The third-order valence-electron chi connectivity index (χ3n) is 4.31. The second-order valence-corrected chi connectivity index (χ2v) is 7.49. The van der Waals surface area contributed by atoms with Crippen molar-refractivity contribution in [2.24, 2.45) is 0 Å². The van der Waals surface area contributed by atoms with Crippen LogP contribution in [-0.2, 0) is 4.79 Å². The molecule has 0 spiro atoms. The van der Waals surface area contributed by atoms with E-state index in [2.05, 4.69) is 20.4 Å². The number of hydrogen-bond acceptors (Lipinski definition) is 6. The Balaban J connectivity index is 1.63. The van der Waals surface area contributed by atoms with E-state index in [1.807, 2.05) is 55.5 Å². The van der Waals surface area contributed by atoms with Crippen molar-refractivity contribution in [1.29, 1.82) is 0 Å². The highest BCUT2D eigenvalue weighted by molar-refractivity contribution is 7.99. The fraction of sp³-hybridized carbons (Fsp3) is 0.143. The van der Waals surface area contributed by atoms with E-state index in [1.165, 1.54) is 22.3 Å². The van der Waals surface area contributed by atoms with E-state index in [1.54, 1.807) is 7.11 Å². The van der Waals surface area contributed by atoms with Gasteiger partial charge in [0.1, 0.15) is 5.75 Å². The molecule has 0 aliphatic carbocycles. The van der Waals surface area contributed by atoms with Gasteiger partial charge in [-0.1, -0.05) is 36.0 Å². The maximum Gasteiger partial charge on any atom is 0.266 e. The number of carbonyl (C=O) groups is 1. The number of aromatic nitrogens is 4. The smallest absolute Gasteiger partial charge is 0.266 e. The number of hydrogen-bond donors (Lipinski definition) is 2. The van der Waals surface area contributed by atoms with Gasteiger partial charge in [-0.2, -0.15) is 0 Å². The van der Waals surface area contributed by atoms with Gasteiger partial charge in [-0.15, -0.1) is 0 Å². The van der Waals surface area contributed by atoms with Gasteiger partial charge in [-0.05, 0) is 36.8 Å². The van der Waals surface area contributed by atoms with Crippen molar-refractivity contribution < 1.29 is 9.53 Å². The van der Waals surface area contributed by atoms with Crippen LogP contribution < -0.4 is 15.6 Å². The molecule has 2 aromatic carbocycles. The number of thioether (sulfide) groups is 1. The molecular formula is C21H19N5O3S. The van der Waals surface area contributed by atoms with Crippen LogP contribution in [0.1, 0.15) is 5.56 Å². The highest BCUT2D eigenvalue weighted by Gasteiger charge is 2.15. The SMILES string of the molecule is COc1ccccc1-c1nc(SCC(=O)Nc2cccc(C)c2)n2[nH]c(=O)cc2n1. The average Bonchev–Trinajstić information content (AvgIpc) is 3.12. The largest absolute Gasteiger partial charge is 0.496 e. The zero-order valence-electron chi connectivity index (χ0n) is 16.4. The van der Waals surface area contributed by atoms with Gasteiger partial charge in [0.25, 0.3) is 5.56 Å². The van der Waals surface area contributed by atoms with Crippen molar-refractivity contribution in [3.05, 3.63) is 70.5 Å². The van der Waals surface area contributed by atoms with Crippen LogP contribution in [0.2, 0.25) is 0 Å². The first-order chi connectivity index (χ1) is 14.5. The van der Waals surface area contributed by atoms with E-state index in [-0.39, 0.29) is 17.2 Å². The molecule has 9 heteroatoms. The van der Waals surface area contributed by atoms with Crippen LogP contribution >= 0.6 is 11.8 Å². The summed E-state index contributed by atoms with van der Waals surface area (Å²) >= 11 is 1.21. The summed E-state index contributed by atoms with van der Waals surface area (Å²) in [5.41, 5.74) is 2.61. The van der Waals surface area contributed by atoms with Gasteiger partial charge in [0.2, 0.25) is 5.91 Å². The molecule has 152 valence electrons. The van der Waals surface area contributed by atoms with Crippen molar-refractivity contribution in [2.75, 3.05) is 18.2 Å². The number of ether oxygens (including phenoxy) is 1. The van der Waals surface area contributed by atoms with E-state index >= 15 is 0 Å². The van der Waals surface area contributed by atoms with Gasteiger partial charge in [-0.3, -0.25) is 14.7 Å². The molecule has 0 aliphatic rings. The number of benzene rings is 2. The molecule has 0 atom stereocenters. The molecule has 0 bridgehead atoms. The maximum absolute atomic E-state index is 12.4. The van der Waals surface area contributed by atoms with Crippen LogP contribution in [0.4, 0.5) is 5.69 Å². The van der Waals surface area contributed by atoms with E-state index < -0.39 is 0 Å². The van der Waals surface area contributed by atoms with Crippen LogP contribution in [0.25, 0.3) is 17.0 Å². The highest BCUT2D eigenvalue weighted by atomic mass is 32.2. The third kappa shape index (κ3) is 4.20. The number of aryl methyl sites for hydroxylation is 1. The van der Waals surface area contributed by atoms with E-state index in [9.17, 15) is 9.59 Å². The van der Waals surface area contributed by atoms with Crippen LogP contribution in [0.15, 0.2) is 64.5 Å². The molecule has 0 radical (unpaired) electrons. The average molecular weight is 421 g/mol. The number of nitrogens with zero attached hydrogens (tertiary/aromatic N) is 3. The first kappa shape index (κ1) is 19.7. The van der Waals surface area contributed by atoms with Crippen molar-refractivity contribution in [3.63, 3.8) is 0 Å². The number of fused-ring (bicyclic) bond motifs is 1. The molecule has 4 aromatic rings.